The zero-order valence-corrected chi connectivity index (χ0v) is 9.51. The minimum atomic E-state index is 0.692. The van der Waals surface area contributed by atoms with Crippen molar-refractivity contribution in [3.63, 3.8) is 0 Å². The minimum absolute atomic E-state index is 0.692. The average Bonchev–Trinajstić information content (AvgIpc) is 2.73. The van der Waals surface area contributed by atoms with Gasteiger partial charge >= 0.3 is 0 Å². The summed E-state index contributed by atoms with van der Waals surface area (Å²) in [7, 11) is 0. The van der Waals surface area contributed by atoms with Gasteiger partial charge in [-0.05, 0) is 30.7 Å². The number of anilines is 1. The highest BCUT2D eigenvalue weighted by Gasteiger charge is 2.16. The van der Waals surface area contributed by atoms with Crippen molar-refractivity contribution in [3.8, 4) is 0 Å². The molecule has 0 aromatic carbocycles. The van der Waals surface area contributed by atoms with Gasteiger partial charge in [0.05, 0.1) is 6.54 Å². The fraction of sp³-hybridized carbons (Fsp3) is 0.154. The van der Waals surface area contributed by atoms with E-state index in [2.05, 4.69) is 20.3 Å². The first-order valence-electron chi connectivity index (χ1n) is 5.51. The summed E-state index contributed by atoms with van der Waals surface area (Å²) in [5, 5.41) is 3.21. The third kappa shape index (κ3) is 1.89. The number of hydrogen-bond acceptors (Lipinski definition) is 4. The second-order valence-corrected chi connectivity index (χ2v) is 4.02. The number of fused-ring (bicyclic) bond motifs is 1. The Hall–Kier alpha value is -2.23. The number of hydrogen-bond donors (Lipinski definition) is 1. The molecule has 0 saturated carbocycles. The monoisotopic (exact) mass is 224 g/mol. The highest BCUT2D eigenvalue weighted by Crippen LogP contribution is 2.17. The third-order valence-electron chi connectivity index (χ3n) is 2.69. The number of nitrogens with zero attached hydrogens (tertiary/aromatic N) is 3. The van der Waals surface area contributed by atoms with Crippen molar-refractivity contribution in [2.45, 2.75) is 13.5 Å². The first-order chi connectivity index (χ1) is 8.33. The van der Waals surface area contributed by atoms with Gasteiger partial charge in [-0.1, -0.05) is 6.07 Å². The zero-order chi connectivity index (χ0) is 11.7. The molecule has 0 radical (unpaired) electrons. The lowest BCUT2D eigenvalue weighted by atomic mass is 10.2. The molecule has 0 aliphatic carbocycles. The van der Waals surface area contributed by atoms with E-state index in [0.29, 0.717) is 6.54 Å². The lowest BCUT2D eigenvalue weighted by Crippen LogP contribution is -2.14. The van der Waals surface area contributed by atoms with E-state index in [1.165, 1.54) is 5.56 Å². The molecule has 0 bridgehead atoms. The van der Waals surface area contributed by atoms with Crippen molar-refractivity contribution in [2.24, 2.45) is 4.99 Å². The number of nitrogens with one attached hydrogen (secondary N) is 1. The maximum absolute atomic E-state index is 4.43. The van der Waals surface area contributed by atoms with Crippen molar-refractivity contribution < 1.29 is 0 Å². The van der Waals surface area contributed by atoms with E-state index < -0.39 is 0 Å². The van der Waals surface area contributed by atoms with Crippen molar-refractivity contribution in [1.82, 2.24) is 9.97 Å². The highest BCUT2D eigenvalue weighted by atomic mass is 15.1. The van der Waals surface area contributed by atoms with Gasteiger partial charge in [0.2, 0.25) is 0 Å². The standard InChI is InChI=1S/C13H12N4/c1-9-4-6-14-11(7-9)17-13-12-10(8-16-13)3-2-5-15-12/h2-7H,8H2,1H3,(H,14,16,17). The fourth-order valence-electron chi connectivity index (χ4n) is 1.84. The first-order valence-corrected chi connectivity index (χ1v) is 5.51. The topological polar surface area (TPSA) is 50.2 Å². The fourth-order valence-corrected chi connectivity index (χ4v) is 1.84. The minimum Gasteiger partial charge on any atom is -0.323 e. The van der Waals surface area contributed by atoms with Crippen LogP contribution in [0.4, 0.5) is 5.82 Å². The van der Waals surface area contributed by atoms with Gasteiger partial charge in [0.15, 0.2) is 5.84 Å². The number of aryl methyl sites for hydroxylation is 1. The Kier molecular flexibility index (Phi) is 2.33. The molecule has 0 unspecified atom stereocenters. The molecule has 0 atom stereocenters. The van der Waals surface area contributed by atoms with Gasteiger partial charge in [-0.3, -0.25) is 9.98 Å². The molecule has 3 rings (SSSR count). The van der Waals surface area contributed by atoms with Crippen LogP contribution in [0.3, 0.4) is 0 Å². The Labute approximate surface area is 99.5 Å². The van der Waals surface area contributed by atoms with Crippen molar-refractivity contribution in [3.05, 3.63) is 53.5 Å². The lowest BCUT2D eigenvalue weighted by Gasteiger charge is -2.06. The van der Waals surface area contributed by atoms with Crippen LogP contribution in [0.15, 0.2) is 41.7 Å². The molecule has 2 aromatic heterocycles. The maximum atomic E-state index is 4.43. The lowest BCUT2D eigenvalue weighted by molar-refractivity contribution is 1.09. The molecule has 0 spiro atoms. The molecule has 1 aliphatic heterocycles. The molecular formula is C13H12N4. The van der Waals surface area contributed by atoms with Crippen molar-refractivity contribution in [1.29, 1.82) is 0 Å². The summed E-state index contributed by atoms with van der Waals surface area (Å²) in [6, 6.07) is 7.93. The van der Waals surface area contributed by atoms with Crippen LogP contribution in [-0.4, -0.2) is 15.8 Å². The molecule has 0 fully saturated rings. The average molecular weight is 224 g/mol. The van der Waals surface area contributed by atoms with Gasteiger partial charge in [-0.15, -0.1) is 0 Å². The number of amidine groups is 1. The van der Waals surface area contributed by atoms with Gasteiger partial charge in [0, 0.05) is 18.0 Å². The van der Waals surface area contributed by atoms with Gasteiger partial charge in [0.1, 0.15) is 11.5 Å². The van der Waals surface area contributed by atoms with E-state index in [1.807, 2.05) is 31.2 Å². The van der Waals surface area contributed by atoms with Crippen molar-refractivity contribution >= 4 is 11.7 Å². The van der Waals surface area contributed by atoms with E-state index >= 15 is 0 Å². The Morgan fingerprint density at radius 3 is 3.00 bits per heavy atom. The van der Waals surface area contributed by atoms with Crippen LogP contribution in [0.5, 0.6) is 0 Å². The van der Waals surface area contributed by atoms with Crippen LogP contribution in [0.1, 0.15) is 16.8 Å². The maximum Gasteiger partial charge on any atom is 0.153 e. The predicted molar refractivity (Wildman–Crippen MR) is 67.1 cm³/mol. The Balaban J connectivity index is 1.89. The summed E-state index contributed by atoms with van der Waals surface area (Å²) in [4.78, 5) is 13.0. The summed E-state index contributed by atoms with van der Waals surface area (Å²) in [6.07, 6.45) is 3.57. The summed E-state index contributed by atoms with van der Waals surface area (Å²) < 4.78 is 0. The van der Waals surface area contributed by atoms with Gasteiger partial charge in [0.25, 0.3) is 0 Å². The van der Waals surface area contributed by atoms with Crippen LogP contribution in [0.2, 0.25) is 0 Å². The molecule has 84 valence electrons. The van der Waals surface area contributed by atoms with Crippen LogP contribution < -0.4 is 5.32 Å². The molecule has 0 saturated heterocycles. The number of pyridine rings is 2. The first kappa shape index (κ1) is 9.96. The molecule has 1 N–H and O–H groups in total. The summed E-state index contributed by atoms with van der Waals surface area (Å²) in [5.74, 6) is 1.61. The normalized spacial score (nSPS) is 13.1. The molecule has 1 aliphatic rings. The molecule has 3 heterocycles. The predicted octanol–water partition coefficient (Wildman–Crippen LogP) is 2.16. The van der Waals surface area contributed by atoms with Gasteiger partial charge in [-0.25, -0.2) is 4.98 Å². The van der Waals surface area contributed by atoms with E-state index in [0.717, 1.165) is 22.9 Å². The molecule has 2 aromatic rings. The van der Waals surface area contributed by atoms with Crippen molar-refractivity contribution in [2.75, 3.05) is 5.32 Å². The van der Waals surface area contributed by atoms with Crippen LogP contribution in [-0.2, 0) is 6.54 Å². The largest absolute Gasteiger partial charge is 0.323 e. The third-order valence-corrected chi connectivity index (χ3v) is 2.69. The number of aliphatic imine (C=N–C) groups is 1. The number of rotatable bonds is 1. The van der Waals surface area contributed by atoms with E-state index in [4.69, 9.17) is 0 Å². The molecular weight excluding hydrogens is 212 g/mol. The SMILES string of the molecule is Cc1ccnc(NC2=NCc3cccnc32)c1. The summed E-state index contributed by atoms with van der Waals surface area (Å²) >= 11 is 0. The second-order valence-electron chi connectivity index (χ2n) is 4.02. The van der Waals surface area contributed by atoms with Crippen LogP contribution in [0.25, 0.3) is 0 Å². The smallest absolute Gasteiger partial charge is 0.153 e. The van der Waals surface area contributed by atoms with Crippen LogP contribution in [0, 0.1) is 6.92 Å². The number of aromatic nitrogens is 2. The van der Waals surface area contributed by atoms with Gasteiger partial charge < -0.3 is 5.32 Å². The summed E-state index contributed by atoms with van der Waals surface area (Å²) in [6.45, 7) is 2.73. The van der Waals surface area contributed by atoms with Gasteiger partial charge in [-0.2, -0.15) is 0 Å². The second kappa shape index (κ2) is 3.97. The Morgan fingerprint density at radius 1 is 1.18 bits per heavy atom. The molecule has 0 amide bonds. The summed E-state index contributed by atoms with van der Waals surface area (Å²) in [5.41, 5.74) is 3.25. The molecule has 4 heteroatoms. The zero-order valence-electron chi connectivity index (χ0n) is 9.51. The quantitative estimate of drug-likeness (QED) is 0.807. The van der Waals surface area contributed by atoms with E-state index in [9.17, 15) is 0 Å². The molecule has 17 heavy (non-hydrogen) atoms. The molecule has 4 nitrogen and oxygen atoms in total. The van der Waals surface area contributed by atoms with E-state index in [-0.39, 0.29) is 0 Å². The van der Waals surface area contributed by atoms with Crippen LogP contribution >= 0.6 is 0 Å². The van der Waals surface area contributed by atoms with E-state index in [1.54, 1.807) is 12.4 Å². The Morgan fingerprint density at radius 2 is 2.12 bits per heavy atom. The Bertz CT molecular complexity index is 589. The highest BCUT2D eigenvalue weighted by molar-refractivity contribution is 6.08.